The Hall–Kier alpha value is -1.23. The average Bonchev–Trinajstić information content (AvgIpc) is 2.59. The Labute approximate surface area is 93.7 Å². The molecule has 0 aliphatic heterocycles. The molecule has 0 saturated carbocycles. The van der Waals surface area contributed by atoms with Gasteiger partial charge in [-0.3, -0.25) is 4.68 Å². The predicted octanol–water partition coefficient (Wildman–Crippen LogP) is 2.97. The number of nitrogens with zero attached hydrogens (tertiary/aromatic N) is 2. The highest BCUT2D eigenvalue weighted by Crippen LogP contribution is 2.13. The summed E-state index contributed by atoms with van der Waals surface area (Å²) in [6.45, 7) is 0.408. The lowest BCUT2D eigenvalue weighted by Gasteiger charge is -2.03. The summed E-state index contributed by atoms with van der Waals surface area (Å²) in [7, 11) is 0. The molecular formula is C10H7BrF2N2. The van der Waals surface area contributed by atoms with E-state index in [2.05, 4.69) is 21.0 Å². The lowest BCUT2D eigenvalue weighted by molar-refractivity contribution is 0.505. The van der Waals surface area contributed by atoms with E-state index >= 15 is 0 Å². The molecule has 2 rings (SSSR count). The van der Waals surface area contributed by atoms with Crippen LogP contribution in [-0.4, -0.2) is 9.78 Å². The van der Waals surface area contributed by atoms with E-state index in [4.69, 9.17) is 0 Å². The van der Waals surface area contributed by atoms with Crippen LogP contribution in [-0.2, 0) is 6.54 Å². The summed E-state index contributed by atoms with van der Waals surface area (Å²) in [6.07, 6.45) is 1.63. The Kier molecular flexibility index (Phi) is 2.81. The molecule has 0 aliphatic rings. The zero-order chi connectivity index (χ0) is 10.8. The van der Waals surface area contributed by atoms with Crippen molar-refractivity contribution in [1.29, 1.82) is 0 Å². The van der Waals surface area contributed by atoms with Crippen molar-refractivity contribution in [3.05, 3.63) is 52.3 Å². The summed E-state index contributed by atoms with van der Waals surface area (Å²) >= 11 is 3.29. The highest BCUT2D eigenvalue weighted by atomic mass is 79.9. The standard InChI is InChI=1S/C10H7BrF2N2/c11-10-3-4-14-15(10)6-7-1-2-8(12)9(13)5-7/h1-5H,6H2. The van der Waals surface area contributed by atoms with Gasteiger partial charge in [-0.1, -0.05) is 6.07 Å². The molecule has 0 spiro atoms. The summed E-state index contributed by atoms with van der Waals surface area (Å²) in [4.78, 5) is 0. The Bertz CT molecular complexity index is 482. The van der Waals surface area contributed by atoms with Gasteiger partial charge in [0, 0.05) is 0 Å². The Morgan fingerprint density at radius 3 is 2.60 bits per heavy atom. The predicted molar refractivity (Wildman–Crippen MR) is 55.4 cm³/mol. The smallest absolute Gasteiger partial charge is 0.159 e. The second kappa shape index (κ2) is 4.10. The van der Waals surface area contributed by atoms with Gasteiger partial charge in [-0.2, -0.15) is 5.10 Å². The highest BCUT2D eigenvalue weighted by Gasteiger charge is 2.04. The van der Waals surface area contributed by atoms with E-state index in [0.717, 1.165) is 10.7 Å². The van der Waals surface area contributed by atoms with Crippen LogP contribution in [0.4, 0.5) is 8.78 Å². The van der Waals surface area contributed by atoms with Gasteiger partial charge in [0.15, 0.2) is 11.6 Å². The molecule has 0 atom stereocenters. The molecule has 1 aromatic heterocycles. The van der Waals surface area contributed by atoms with E-state index in [1.165, 1.54) is 12.1 Å². The molecule has 0 fully saturated rings. The molecule has 0 N–H and O–H groups in total. The van der Waals surface area contributed by atoms with Gasteiger partial charge in [0.25, 0.3) is 0 Å². The fourth-order valence-electron chi connectivity index (χ4n) is 1.24. The quantitative estimate of drug-likeness (QED) is 0.822. The minimum Gasteiger partial charge on any atom is -0.254 e. The van der Waals surface area contributed by atoms with Gasteiger partial charge < -0.3 is 0 Å². The molecule has 0 unspecified atom stereocenters. The van der Waals surface area contributed by atoms with Gasteiger partial charge in [0.05, 0.1) is 12.7 Å². The summed E-state index contributed by atoms with van der Waals surface area (Å²) in [5, 5.41) is 4.02. The fraction of sp³-hybridized carbons (Fsp3) is 0.100. The van der Waals surface area contributed by atoms with Gasteiger partial charge in [0.1, 0.15) is 4.60 Å². The first kappa shape index (κ1) is 10.3. The molecule has 0 amide bonds. The average molecular weight is 273 g/mol. The number of aromatic nitrogens is 2. The van der Waals surface area contributed by atoms with E-state index < -0.39 is 11.6 Å². The third-order valence-corrected chi connectivity index (χ3v) is 2.65. The van der Waals surface area contributed by atoms with Crippen LogP contribution in [0.3, 0.4) is 0 Å². The topological polar surface area (TPSA) is 17.8 Å². The molecular weight excluding hydrogens is 266 g/mol. The van der Waals surface area contributed by atoms with Crippen molar-refractivity contribution in [2.75, 3.05) is 0 Å². The maximum atomic E-state index is 12.9. The largest absolute Gasteiger partial charge is 0.254 e. The molecule has 78 valence electrons. The van der Waals surface area contributed by atoms with Crippen molar-refractivity contribution >= 4 is 15.9 Å². The Morgan fingerprint density at radius 2 is 2.00 bits per heavy atom. The molecule has 0 aliphatic carbocycles. The van der Waals surface area contributed by atoms with Crippen molar-refractivity contribution in [3.8, 4) is 0 Å². The summed E-state index contributed by atoms with van der Waals surface area (Å²) in [6, 6.07) is 5.60. The van der Waals surface area contributed by atoms with E-state index in [1.54, 1.807) is 16.9 Å². The molecule has 1 aromatic carbocycles. The van der Waals surface area contributed by atoms with Crippen LogP contribution in [0.2, 0.25) is 0 Å². The maximum Gasteiger partial charge on any atom is 0.159 e. The lowest BCUT2D eigenvalue weighted by Crippen LogP contribution is -2.02. The molecule has 1 heterocycles. The van der Waals surface area contributed by atoms with Crippen LogP contribution < -0.4 is 0 Å². The van der Waals surface area contributed by atoms with E-state index in [-0.39, 0.29) is 0 Å². The minimum absolute atomic E-state index is 0.408. The first-order chi connectivity index (χ1) is 7.16. The third kappa shape index (κ3) is 2.23. The summed E-state index contributed by atoms with van der Waals surface area (Å²) < 4.78 is 28.0. The van der Waals surface area contributed by atoms with Crippen LogP contribution >= 0.6 is 15.9 Å². The van der Waals surface area contributed by atoms with Crippen molar-refractivity contribution < 1.29 is 8.78 Å². The molecule has 0 saturated heterocycles. The Morgan fingerprint density at radius 1 is 1.20 bits per heavy atom. The number of rotatable bonds is 2. The van der Waals surface area contributed by atoms with Crippen LogP contribution in [0.15, 0.2) is 35.1 Å². The molecule has 0 radical (unpaired) electrons. The van der Waals surface area contributed by atoms with Crippen LogP contribution in [0.1, 0.15) is 5.56 Å². The molecule has 5 heteroatoms. The SMILES string of the molecule is Fc1ccc(Cn2nccc2Br)cc1F. The molecule has 15 heavy (non-hydrogen) atoms. The van der Waals surface area contributed by atoms with Gasteiger partial charge in [-0.05, 0) is 39.7 Å². The highest BCUT2D eigenvalue weighted by molar-refractivity contribution is 9.10. The fourth-order valence-corrected chi connectivity index (χ4v) is 1.58. The number of halogens is 3. The number of benzene rings is 1. The van der Waals surface area contributed by atoms with Crippen LogP contribution in [0.5, 0.6) is 0 Å². The monoisotopic (exact) mass is 272 g/mol. The maximum absolute atomic E-state index is 12.9. The second-order valence-corrected chi connectivity index (χ2v) is 3.87. The van der Waals surface area contributed by atoms with E-state index in [9.17, 15) is 8.78 Å². The third-order valence-electron chi connectivity index (χ3n) is 1.98. The van der Waals surface area contributed by atoms with E-state index in [1.807, 2.05) is 0 Å². The van der Waals surface area contributed by atoms with Crippen molar-refractivity contribution in [2.24, 2.45) is 0 Å². The molecule has 2 aromatic rings. The second-order valence-electron chi connectivity index (χ2n) is 3.06. The van der Waals surface area contributed by atoms with Gasteiger partial charge in [-0.15, -0.1) is 0 Å². The summed E-state index contributed by atoms with van der Waals surface area (Å²) in [5.74, 6) is -1.67. The van der Waals surface area contributed by atoms with Crippen LogP contribution in [0, 0.1) is 11.6 Å². The van der Waals surface area contributed by atoms with Gasteiger partial charge in [-0.25, -0.2) is 8.78 Å². The number of hydrogen-bond acceptors (Lipinski definition) is 1. The van der Waals surface area contributed by atoms with Gasteiger partial charge in [0.2, 0.25) is 0 Å². The van der Waals surface area contributed by atoms with Crippen LogP contribution in [0.25, 0.3) is 0 Å². The van der Waals surface area contributed by atoms with Crippen molar-refractivity contribution in [3.63, 3.8) is 0 Å². The van der Waals surface area contributed by atoms with E-state index in [0.29, 0.717) is 12.1 Å². The zero-order valence-electron chi connectivity index (χ0n) is 7.62. The number of hydrogen-bond donors (Lipinski definition) is 0. The lowest BCUT2D eigenvalue weighted by atomic mass is 10.2. The Balaban J connectivity index is 2.25. The van der Waals surface area contributed by atoms with Crippen molar-refractivity contribution in [2.45, 2.75) is 6.54 Å². The molecule has 0 bridgehead atoms. The summed E-state index contributed by atoms with van der Waals surface area (Å²) in [5.41, 5.74) is 0.665. The first-order valence-electron chi connectivity index (χ1n) is 4.28. The van der Waals surface area contributed by atoms with Crippen molar-refractivity contribution in [1.82, 2.24) is 9.78 Å². The normalized spacial score (nSPS) is 10.6. The first-order valence-corrected chi connectivity index (χ1v) is 5.07. The molecule has 2 nitrogen and oxygen atoms in total. The zero-order valence-corrected chi connectivity index (χ0v) is 9.21. The van der Waals surface area contributed by atoms with Gasteiger partial charge >= 0.3 is 0 Å². The minimum atomic E-state index is -0.837.